The zero-order valence-electron chi connectivity index (χ0n) is 12.6. The number of pyridine rings is 1. The average molecular weight is 298 g/mol. The largest absolute Gasteiger partial charge is 0.383 e. The fourth-order valence-electron chi connectivity index (χ4n) is 2.71. The average Bonchev–Trinajstić information content (AvgIpc) is 2.51. The molecule has 6 nitrogen and oxygen atoms in total. The number of anilines is 2. The molecular formula is C16H22N6. The lowest BCUT2D eigenvalue weighted by atomic mass is 9.97. The second kappa shape index (κ2) is 7.00. The van der Waals surface area contributed by atoms with E-state index in [0.29, 0.717) is 17.0 Å². The Kier molecular flexibility index (Phi) is 5.06. The van der Waals surface area contributed by atoms with E-state index in [0.717, 1.165) is 37.2 Å². The smallest absolute Gasteiger partial charge is 0.133 e. The molecule has 1 atom stereocenters. The number of nitrogens with one attached hydrogen (secondary N) is 1. The van der Waals surface area contributed by atoms with Gasteiger partial charge in [-0.3, -0.25) is 4.99 Å². The number of nitrogen functional groups attached to an aromatic ring is 1. The summed E-state index contributed by atoms with van der Waals surface area (Å²) in [5.74, 6) is 0.387. The Bertz CT molecular complexity index is 619. The van der Waals surface area contributed by atoms with E-state index in [-0.39, 0.29) is 6.04 Å². The molecule has 0 radical (unpaired) electrons. The third-order valence-corrected chi connectivity index (χ3v) is 3.79. The molecule has 5 N–H and O–H groups in total. The molecular weight excluding hydrogens is 276 g/mol. The highest BCUT2D eigenvalue weighted by Crippen LogP contribution is 2.34. The van der Waals surface area contributed by atoms with Crippen LogP contribution in [0.3, 0.4) is 0 Å². The second-order valence-corrected chi connectivity index (χ2v) is 5.33. The molecule has 0 bridgehead atoms. The van der Waals surface area contributed by atoms with Gasteiger partial charge in [0.15, 0.2) is 0 Å². The van der Waals surface area contributed by atoms with Crippen LogP contribution in [0.25, 0.3) is 5.57 Å². The molecule has 1 aromatic heterocycles. The summed E-state index contributed by atoms with van der Waals surface area (Å²) in [5.41, 5.74) is 15.0. The van der Waals surface area contributed by atoms with Crippen LogP contribution in [-0.2, 0) is 0 Å². The molecule has 0 aliphatic carbocycles. The number of aromatic nitrogens is 1. The van der Waals surface area contributed by atoms with E-state index in [1.54, 1.807) is 6.20 Å². The number of nitrogens with zero attached hydrogens (tertiary/aromatic N) is 3. The summed E-state index contributed by atoms with van der Waals surface area (Å²) >= 11 is 0. The minimum Gasteiger partial charge on any atom is -0.383 e. The third kappa shape index (κ3) is 3.23. The quantitative estimate of drug-likeness (QED) is 0.570. The Morgan fingerprint density at radius 1 is 1.55 bits per heavy atom. The molecule has 0 amide bonds. The molecule has 2 heterocycles. The SMILES string of the molecule is C=N/C=C(\C=N)C(=C)c1c(N2CCCC(N)C2)ccnc1N. The lowest BCUT2D eigenvalue weighted by Gasteiger charge is -2.34. The van der Waals surface area contributed by atoms with Gasteiger partial charge >= 0.3 is 0 Å². The summed E-state index contributed by atoms with van der Waals surface area (Å²) in [6, 6.07) is 2.06. The summed E-state index contributed by atoms with van der Waals surface area (Å²) in [5, 5.41) is 7.52. The van der Waals surface area contributed by atoms with Crippen molar-refractivity contribution in [1.29, 1.82) is 5.41 Å². The van der Waals surface area contributed by atoms with E-state index in [1.165, 1.54) is 12.4 Å². The maximum atomic E-state index is 7.52. The summed E-state index contributed by atoms with van der Waals surface area (Å²) in [6.07, 6.45) is 6.43. The Hall–Kier alpha value is -2.47. The number of rotatable bonds is 5. The molecule has 0 spiro atoms. The van der Waals surface area contributed by atoms with Gasteiger partial charge in [-0.25, -0.2) is 4.98 Å². The van der Waals surface area contributed by atoms with E-state index >= 15 is 0 Å². The number of piperidine rings is 1. The van der Waals surface area contributed by atoms with E-state index < -0.39 is 0 Å². The molecule has 22 heavy (non-hydrogen) atoms. The molecule has 1 saturated heterocycles. The van der Waals surface area contributed by atoms with Crippen molar-refractivity contribution in [3.8, 4) is 0 Å². The molecule has 1 fully saturated rings. The maximum absolute atomic E-state index is 7.52. The van der Waals surface area contributed by atoms with Crippen molar-refractivity contribution in [2.75, 3.05) is 23.7 Å². The van der Waals surface area contributed by atoms with Crippen LogP contribution < -0.4 is 16.4 Å². The third-order valence-electron chi connectivity index (χ3n) is 3.79. The first-order valence-corrected chi connectivity index (χ1v) is 7.19. The van der Waals surface area contributed by atoms with Crippen molar-refractivity contribution in [2.45, 2.75) is 18.9 Å². The van der Waals surface area contributed by atoms with Crippen LogP contribution in [0, 0.1) is 5.41 Å². The molecule has 6 heteroatoms. The first-order chi connectivity index (χ1) is 10.6. The summed E-state index contributed by atoms with van der Waals surface area (Å²) in [7, 11) is 0. The molecule has 2 rings (SSSR count). The molecule has 0 aromatic carbocycles. The number of hydrogen-bond donors (Lipinski definition) is 3. The van der Waals surface area contributed by atoms with Crippen molar-refractivity contribution in [2.24, 2.45) is 10.7 Å². The number of hydrogen-bond acceptors (Lipinski definition) is 6. The first kappa shape index (κ1) is 15.9. The van der Waals surface area contributed by atoms with E-state index in [2.05, 4.69) is 28.2 Å². The predicted octanol–water partition coefficient (Wildman–Crippen LogP) is 1.84. The Morgan fingerprint density at radius 2 is 2.32 bits per heavy atom. The number of allylic oxidation sites excluding steroid dienone is 2. The van der Waals surface area contributed by atoms with Crippen LogP contribution in [0.1, 0.15) is 18.4 Å². The molecule has 116 valence electrons. The van der Waals surface area contributed by atoms with Crippen molar-refractivity contribution in [1.82, 2.24) is 4.98 Å². The topological polar surface area (TPSA) is 104 Å². The minimum atomic E-state index is 0.150. The van der Waals surface area contributed by atoms with Gasteiger partial charge in [0.25, 0.3) is 0 Å². The Labute approximate surface area is 130 Å². The van der Waals surface area contributed by atoms with E-state index in [4.69, 9.17) is 16.9 Å². The fraction of sp³-hybridized carbons (Fsp3) is 0.312. The van der Waals surface area contributed by atoms with Gasteiger partial charge < -0.3 is 21.8 Å². The van der Waals surface area contributed by atoms with Gasteiger partial charge in [0.2, 0.25) is 0 Å². The lowest BCUT2D eigenvalue weighted by Crippen LogP contribution is -2.43. The monoisotopic (exact) mass is 298 g/mol. The van der Waals surface area contributed by atoms with Crippen LogP contribution in [-0.4, -0.2) is 37.0 Å². The van der Waals surface area contributed by atoms with Gasteiger partial charge in [-0.2, -0.15) is 0 Å². The van der Waals surface area contributed by atoms with E-state index in [1.807, 2.05) is 6.07 Å². The molecule has 1 aromatic rings. The minimum absolute atomic E-state index is 0.150. The summed E-state index contributed by atoms with van der Waals surface area (Å²) < 4.78 is 0. The Morgan fingerprint density at radius 3 is 2.95 bits per heavy atom. The van der Waals surface area contributed by atoms with E-state index in [9.17, 15) is 0 Å². The zero-order chi connectivity index (χ0) is 16.1. The predicted molar refractivity (Wildman–Crippen MR) is 93.5 cm³/mol. The van der Waals surface area contributed by atoms with Gasteiger partial charge in [-0.05, 0) is 31.2 Å². The van der Waals surface area contributed by atoms with Crippen molar-refractivity contribution < 1.29 is 0 Å². The van der Waals surface area contributed by atoms with Gasteiger partial charge in [0, 0.05) is 54.6 Å². The van der Waals surface area contributed by atoms with Crippen LogP contribution in [0.15, 0.2) is 35.6 Å². The zero-order valence-corrected chi connectivity index (χ0v) is 12.6. The summed E-state index contributed by atoms with van der Waals surface area (Å²) in [6.45, 7) is 9.18. The van der Waals surface area contributed by atoms with Gasteiger partial charge in [0.05, 0.1) is 0 Å². The second-order valence-electron chi connectivity index (χ2n) is 5.33. The molecule has 0 saturated carbocycles. The van der Waals surface area contributed by atoms with Crippen LogP contribution >= 0.6 is 0 Å². The van der Waals surface area contributed by atoms with Crippen molar-refractivity contribution >= 4 is 30.0 Å². The van der Waals surface area contributed by atoms with Crippen LogP contribution in [0.5, 0.6) is 0 Å². The van der Waals surface area contributed by atoms with Crippen LogP contribution in [0.2, 0.25) is 0 Å². The number of aliphatic imine (C=N–C) groups is 1. The first-order valence-electron chi connectivity index (χ1n) is 7.19. The molecule has 1 aliphatic rings. The maximum Gasteiger partial charge on any atom is 0.133 e. The highest BCUT2D eigenvalue weighted by molar-refractivity contribution is 6.03. The van der Waals surface area contributed by atoms with Gasteiger partial charge in [-0.15, -0.1) is 0 Å². The molecule has 1 aliphatic heterocycles. The summed E-state index contributed by atoms with van der Waals surface area (Å²) in [4.78, 5) is 10.1. The fourth-order valence-corrected chi connectivity index (χ4v) is 2.71. The van der Waals surface area contributed by atoms with Crippen molar-refractivity contribution in [3.05, 3.63) is 36.2 Å². The normalized spacial score (nSPS) is 18.9. The standard InChI is InChI=1S/C16H22N6/c1-11(12(8-17)9-20-2)15-14(5-6-21-16(15)19)22-7-3-4-13(18)10-22/h5-6,8-9,13,17H,1-4,7,10,18H2,(H2,19,21)/b12-9+,17-8?. The number of nitrogens with two attached hydrogens (primary N) is 2. The van der Waals surface area contributed by atoms with Crippen molar-refractivity contribution in [3.63, 3.8) is 0 Å². The van der Waals surface area contributed by atoms with Crippen LogP contribution in [0.4, 0.5) is 11.5 Å². The van der Waals surface area contributed by atoms with Gasteiger partial charge in [-0.1, -0.05) is 6.58 Å². The molecule has 1 unspecified atom stereocenters. The Balaban J connectivity index is 2.46. The van der Waals surface area contributed by atoms with Gasteiger partial charge in [0.1, 0.15) is 5.82 Å². The highest BCUT2D eigenvalue weighted by atomic mass is 15.2. The lowest BCUT2D eigenvalue weighted by molar-refractivity contribution is 0.506. The highest BCUT2D eigenvalue weighted by Gasteiger charge is 2.22.